The molecule has 1 unspecified atom stereocenters. The van der Waals surface area contributed by atoms with Gasteiger partial charge in [-0.05, 0) is 17.7 Å². The van der Waals surface area contributed by atoms with Crippen LogP contribution >= 0.6 is 0 Å². The van der Waals surface area contributed by atoms with Crippen molar-refractivity contribution in [3.8, 4) is 16.9 Å². The van der Waals surface area contributed by atoms with Crippen LogP contribution in [-0.2, 0) is 4.79 Å². The second-order valence-corrected chi connectivity index (χ2v) is 6.63. The van der Waals surface area contributed by atoms with Crippen molar-refractivity contribution in [1.82, 2.24) is 15.2 Å². The Morgan fingerprint density at radius 3 is 2.20 bits per heavy atom. The van der Waals surface area contributed by atoms with Gasteiger partial charge in [-0.3, -0.25) is 4.79 Å². The molecule has 0 aliphatic heterocycles. The van der Waals surface area contributed by atoms with Gasteiger partial charge < -0.3 is 5.11 Å². The molecule has 2 N–H and O–H groups in total. The van der Waals surface area contributed by atoms with E-state index in [0.717, 1.165) is 22.5 Å². The van der Waals surface area contributed by atoms with Gasteiger partial charge in [0.05, 0.1) is 11.9 Å². The smallest absolute Gasteiger partial charge is 0.273 e. The van der Waals surface area contributed by atoms with Crippen molar-refractivity contribution >= 4 is 12.1 Å². The molecule has 148 valence electrons. The first kappa shape index (κ1) is 19.3. The number of benzene rings is 3. The van der Waals surface area contributed by atoms with Gasteiger partial charge in [0.2, 0.25) is 0 Å². The molecule has 0 saturated carbocycles. The van der Waals surface area contributed by atoms with E-state index in [1.54, 1.807) is 28.9 Å². The van der Waals surface area contributed by atoms with Crippen LogP contribution in [-0.4, -0.2) is 27.0 Å². The van der Waals surface area contributed by atoms with Gasteiger partial charge >= 0.3 is 0 Å². The van der Waals surface area contributed by atoms with E-state index in [2.05, 4.69) is 10.5 Å². The molecule has 0 aliphatic rings. The third-order valence-electron chi connectivity index (χ3n) is 4.55. The van der Waals surface area contributed by atoms with Crippen molar-refractivity contribution in [2.75, 3.05) is 0 Å². The summed E-state index contributed by atoms with van der Waals surface area (Å²) in [5.74, 6) is -0.603. The summed E-state index contributed by atoms with van der Waals surface area (Å²) >= 11 is 0. The van der Waals surface area contributed by atoms with Crippen molar-refractivity contribution in [2.24, 2.45) is 5.10 Å². The van der Waals surface area contributed by atoms with E-state index in [1.807, 2.05) is 72.9 Å². The minimum Gasteiger partial charge on any atom is -0.378 e. The molecule has 3 aromatic carbocycles. The summed E-state index contributed by atoms with van der Waals surface area (Å²) in [6.45, 7) is 0. The molecule has 1 atom stereocenters. The van der Waals surface area contributed by atoms with Crippen LogP contribution < -0.4 is 5.43 Å². The lowest BCUT2D eigenvalue weighted by Gasteiger charge is -2.08. The van der Waals surface area contributed by atoms with Crippen LogP contribution in [0.3, 0.4) is 0 Å². The number of hydrogen-bond acceptors (Lipinski definition) is 4. The average Bonchev–Trinajstić information content (AvgIpc) is 3.24. The van der Waals surface area contributed by atoms with E-state index in [9.17, 15) is 9.90 Å². The van der Waals surface area contributed by atoms with Gasteiger partial charge in [-0.2, -0.15) is 10.2 Å². The Labute approximate surface area is 174 Å². The minimum atomic E-state index is -1.29. The lowest BCUT2D eigenvalue weighted by Crippen LogP contribution is -2.25. The molecule has 1 amide bonds. The van der Waals surface area contributed by atoms with Gasteiger partial charge in [-0.1, -0.05) is 78.9 Å². The summed E-state index contributed by atoms with van der Waals surface area (Å²) < 4.78 is 1.77. The lowest BCUT2D eigenvalue weighted by atomic mass is 10.1. The molecule has 0 aliphatic carbocycles. The number of rotatable bonds is 6. The number of amides is 1. The van der Waals surface area contributed by atoms with Crippen molar-refractivity contribution in [3.63, 3.8) is 0 Å². The summed E-state index contributed by atoms with van der Waals surface area (Å²) in [6.07, 6.45) is 2.09. The van der Waals surface area contributed by atoms with Gasteiger partial charge in [-0.15, -0.1) is 0 Å². The second kappa shape index (κ2) is 8.98. The first-order chi connectivity index (χ1) is 14.7. The van der Waals surface area contributed by atoms with E-state index >= 15 is 0 Å². The molecule has 4 aromatic rings. The molecule has 30 heavy (non-hydrogen) atoms. The third-order valence-corrected chi connectivity index (χ3v) is 4.55. The predicted molar refractivity (Wildman–Crippen MR) is 116 cm³/mol. The average molecular weight is 396 g/mol. The topological polar surface area (TPSA) is 79.5 Å². The van der Waals surface area contributed by atoms with Crippen molar-refractivity contribution in [3.05, 3.63) is 108 Å². The number of carbonyl (C=O) groups is 1. The highest BCUT2D eigenvalue weighted by atomic mass is 16.3. The zero-order valence-corrected chi connectivity index (χ0v) is 16.1. The fourth-order valence-electron chi connectivity index (χ4n) is 3.03. The van der Waals surface area contributed by atoms with Crippen molar-refractivity contribution in [1.29, 1.82) is 0 Å². The number of aliphatic hydroxyl groups is 1. The Balaban J connectivity index is 1.58. The fourth-order valence-corrected chi connectivity index (χ4v) is 3.03. The molecule has 0 fully saturated rings. The minimum absolute atomic E-state index is 0.507. The number of hydrogen-bond donors (Lipinski definition) is 2. The van der Waals surface area contributed by atoms with E-state index in [4.69, 9.17) is 5.10 Å². The molecule has 4 rings (SSSR count). The summed E-state index contributed by atoms with van der Waals surface area (Å²) in [6, 6.07) is 28.2. The van der Waals surface area contributed by atoms with Crippen LogP contribution in [0.5, 0.6) is 0 Å². The van der Waals surface area contributed by atoms with Gasteiger partial charge in [0, 0.05) is 17.3 Å². The summed E-state index contributed by atoms with van der Waals surface area (Å²) in [7, 11) is 0. The third kappa shape index (κ3) is 4.34. The maximum Gasteiger partial charge on any atom is 0.273 e. The zero-order valence-electron chi connectivity index (χ0n) is 16.1. The quantitative estimate of drug-likeness (QED) is 0.385. The Hall–Kier alpha value is -4.03. The van der Waals surface area contributed by atoms with E-state index < -0.39 is 12.0 Å². The number of aliphatic hydroxyl groups excluding tert-OH is 1. The fraction of sp³-hybridized carbons (Fsp3) is 0.0417. The van der Waals surface area contributed by atoms with Gasteiger partial charge in [0.15, 0.2) is 6.10 Å². The first-order valence-electron chi connectivity index (χ1n) is 9.49. The lowest BCUT2D eigenvalue weighted by molar-refractivity contribution is -0.129. The Bertz CT molecular complexity index is 1140. The SMILES string of the molecule is O=C(N/N=C/c1cn(-c2ccccc2)nc1-c1ccccc1)C(O)c1ccccc1. The van der Waals surface area contributed by atoms with Gasteiger partial charge in [0.25, 0.3) is 5.91 Å². The predicted octanol–water partition coefficient (Wildman–Crippen LogP) is 3.72. The van der Waals surface area contributed by atoms with Crippen LogP contribution in [0.2, 0.25) is 0 Å². The molecule has 1 aromatic heterocycles. The monoisotopic (exact) mass is 396 g/mol. The normalized spacial score (nSPS) is 12.0. The molecule has 0 bridgehead atoms. The van der Waals surface area contributed by atoms with Crippen LogP contribution in [0, 0.1) is 0 Å². The number of carbonyl (C=O) groups excluding carboxylic acids is 1. The summed E-state index contributed by atoms with van der Waals surface area (Å²) in [5.41, 5.74) is 6.23. The van der Waals surface area contributed by atoms with Gasteiger partial charge in [-0.25, -0.2) is 10.1 Å². The molecule has 6 heteroatoms. The van der Waals surface area contributed by atoms with Crippen LogP contribution in [0.4, 0.5) is 0 Å². The van der Waals surface area contributed by atoms with Crippen molar-refractivity contribution < 1.29 is 9.90 Å². The van der Waals surface area contributed by atoms with E-state index in [1.165, 1.54) is 6.21 Å². The summed E-state index contributed by atoms with van der Waals surface area (Å²) in [4.78, 5) is 12.2. The largest absolute Gasteiger partial charge is 0.378 e. The molecule has 1 heterocycles. The Morgan fingerprint density at radius 2 is 1.53 bits per heavy atom. The molecule has 0 saturated heterocycles. The standard InChI is InChI=1S/C24H20N4O2/c29-23(19-12-6-2-7-13-19)24(30)26-25-16-20-17-28(21-14-8-3-9-15-21)27-22(20)18-10-4-1-5-11-18/h1-17,23,29H,(H,26,30)/b25-16+. The number of aromatic nitrogens is 2. The van der Waals surface area contributed by atoms with Crippen molar-refractivity contribution in [2.45, 2.75) is 6.10 Å². The number of hydrazone groups is 1. The van der Waals surface area contributed by atoms with Crippen LogP contribution in [0.1, 0.15) is 17.2 Å². The molecular weight excluding hydrogens is 376 g/mol. The first-order valence-corrected chi connectivity index (χ1v) is 9.49. The number of nitrogens with zero attached hydrogens (tertiary/aromatic N) is 3. The zero-order chi connectivity index (χ0) is 20.8. The van der Waals surface area contributed by atoms with Crippen LogP contribution in [0.15, 0.2) is 102 Å². The summed E-state index contributed by atoms with van der Waals surface area (Å²) in [5, 5.41) is 18.9. The highest BCUT2D eigenvalue weighted by molar-refractivity contribution is 5.90. The number of para-hydroxylation sites is 1. The van der Waals surface area contributed by atoms with Crippen LogP contribution in [0.25, 0.3) is 16.9 Å². The highest BCUT2D eigenvalue weighted by Gasteiger charge is 2.16. The molecule has 0 radical (unpaired) electrons. The Kier molecular flexibility index (Phi) is 5.78. The van der Waals surface area contributed by atoms with Gasteiger partial charge in [0.1, 0.15) is 5.69 Å². The molecule has 0 spiro atoms. The highest BCUT2D eigenvalue weighted by Crippen LogP contribution is 2.22. The maximum atomic E-state index is 12.2. The molecular formula is C24H20N4O2. The second-order valence-electron chi connectivity index (χ2n) is 6.63. The van der Waals surface area contributed by atoms with E-state index in [-0.39, 0.29) is 0 Å². The number of nitrogens with one attached hydrogen (secondary N) is 1. The van der Waals surface area contributed by atoms with E-state index in [0.29, 0.717) is 5.56 Å². The molecule has 6 nitrogen and oxygen atoms in total. The maximum absolute atomic E-state index is 12.2. The Morgan fingerprint density at radius 1 is 0.933 bits per heavy atom.